The third-order valence-electron chi connectivity index (χ3n) is 4.60. The number of hydrogen-bond donors (Lipinski definition) is 0. The van der Waals surface area contributed by atoms with Gasteiger partial charge < -0.3 is 14.1 Å². The molecule has 6 heteroatoms. The van der Waals surface area contributed by atoms with Crippen molar-refractivity contribution in [2.24, 2.45) is 0 Å². The van der Waals surface area contributed by atoms with E-state index >= 15 is 0 Å². The van der Waals surface area contributed by atoms with Crippen LogP contribution in [-0.4, -0.2) is 24.0 Å². The number of anilines is 1. The molecule has 1 aliphatic heterocycles. The molecule has 0 atom stereocenters. The highest BCUT2D eigenvalue weighted by molar-refractivity contribution is 8.16. The molecule has 0 aliphatic carbocycles. The predicted molar refractivity (Wildman–Crippen MR) is 121 cm³/mol. The number of para-hydroxylation sites is 1. The second kappa shape index (κ2) is 9.94. The summed E-state index contributed by atoms with van der Waals surface area (Å²) in [5, 5.41) is 0. The van der Waals surface area contributed by atoms with Gasteiger partial charge in [-0.3, -0.25) is 4.79 Å². The summed E-state index contributed by atoms with van der Waals surface area (Å²) in [5.41, 5.74) is 2.13. The second-order valence-electron chi connectivity index (χ2n) is 6.68. The van der Waals surface area contributed by atoms with Crippen LogP contribution in [0.3, 0.4) is 0 Å². The number of ether oxygens (including phenoxy) is 1. The zero-order chi connectivity index (χ0) is 19.9. The molecule has 0 bridgehead atoms. The Hall–Kier alpha value is -2.31. The number of benzene rings is 2. The molecule has 29 heavy (non-hydrogen) atoms. The molecule has 2 heterocycles. The first kappa shape index (κ1) is 20.0. The lowest BCUT2D eigenvalue weighted by Gasteiger charge is -2.22. The summed E-state index contributed by atoms with van der Waals surface area (Å²) in [4.78, 5) is 14.6. The van der Waals surface area contributed by atoms with Crippen molar-refractivity contribution in [1.29, 1.82) is 0 Å². The molecule has 0 N–H and O–H groups in total. The van der Waals surface area contributed by atoms with E-state index in [1.54, 1.807) is 11.2 Å². The largest absolute Gasteiger partial charge is 0.484 e. The SMILES string of the molecule is O=C(COc1ccc(C2SCCCS2)cc1)N(Cc1ccco1)c1ccccc1. The van der Waals surface area contributed by atoms with Gasteiger partial charge in [0.05, 0.1) is 17.4 Å². The monoisotopic (exact) mass is 425 g/mol. The van der Waals surface area contributed by atoms with Gasteiger partial charge in [0.15, 0.2) is 6.61 Å². The Labute approximate surface area is 179 Å². The van der Waals surface area contributed by atoms with Gasteiger partial charge in [0.1, 0.15) is 11.5 Å². The molecule has 0 spiro atoms. The van der Waals surface area contributed by atoms with Crippen molar-refractivity contribution in [1.82, 2.24) is 0 Å². The van der Waals surface area contributed by atoms with E-state index in [1.165, 1.54) is 23.5 Å². The van der Waals surface area contributed by atoms with E-state index < -0.39 is 0 Å². The minimum Gasteiger partial charge on any atom is -0.484 e. The molecule has 4 rings (SSSR count). The molecular formula is C23H23NO3S2. The summed E-state index contributed by atoms with van der Waals surface area (Å²) < 4.78 is 11.7. The van der Waals surface area contributed by atoms with Gasteiger partial charge >= 0.3 is 0 Å². The zero-order valence-electron chi connectivity index (χ0n) is 16.0. The quantitative estimate of drug-likeness (QED) is 0.481. The maximum absolute atomic E-state index is 12.9. The van der Waals surface area contributed by atoms with Crippen molar-refractivity contribution < 1.29 is 13.9 Å². The number of carbonyl (C=O) groups is 1. The molecule has 4 nitrogen and oxygen atoms in total. The fourth-order valence-corrected chi connectivity index (χ4v) is 6.01. The summed E-state index contributed by atoms with van der Waals surface area (Å²) >= 11 is 3.99. The highest BCUT2D eigenvalue weighted by Crippen LogP contribution is 2.43. The van der Waals surface area contributed by atoms with Crippen LogP contribution in [0.25, 0.3) is 0 Å². The summed E-state index contributed by atoms with van der Waals surface area (Å²) in [5.74, 6) is 3.76. The molecule has 0 radical (unpaired) electrons. The van der Waals surface area contributed by atoms with E-state index in [1.807, 2.05) is 78.1 Å². The fourth-order valence-electron chi connectivity index (χ4n) is 3.11. The number of rotatable bonds is 7. The Morgan fingerprint density at radius 2 is 1.76 bits per heavy atom. The lowest BCUT2D eigenvalue weighted by Crippen LogP contribution is -2.34. The molecular weight excluding hydrogens is 402 g/mol. The molecule has 0 saturated carbocycles. The first-order chi connectivity index (χ1) is 14.3. The van der Waals surface area contributed by atoms with E-state index in [4.69, 9.17) is 9.15 Å². The Balaban J connectivity index is 1.39. The van der Waals surface area contributed by atoms with E-state index in [0.29, 0.717) is 16.9 Å². The summed E-state index contributed by atoms with van der Waals surface area (Å²) in [6, 6.07) is 21.4. The summed E-state index contributed by atoms with van der Waals surface area (Å²) in [6.07, 6.45) is 2.90. The van der Waals surface area contributed by atoms with Crippen molar-refractivity contribution >= 4 is 35.1 Å². The lowest BCUT2D eigenvalue weighted by atomic mass is 10.2. The minimum atomic E-state index is -0.116. The van der Waals surface area contributed by atoms with Crippen molar-refractivity contribution in [3.8, 4) is 5.75 Å². The van der Waals surface area contributed by atoms with E-state index in [2.05, 4.69) is 12.1 Å². The van der Waals surface area contributed by atoms with Gasteiger partial charge in [-0.2, -0.15) is 0 Å². The predicted octanol–water partition coefficient (Wildman–Crippen LogP) is 5.76. The van der Waals surface area contributed by atoms with Gasteiger partial charge in [0, 0.05) is 5.69 Å². The van der Waals surface area contributed by atoms with E-state index in [0.717, 1.165) is 11.4 Å². The summed E-state index contributed by atoms with van der Waals surface area (Å²) in [6.45, 7) is 0.343. The third-order valence-corrected chi connectivity index (χ3v) is 7.62. The fraction of sp³-hybridized carbons (Fsp3) is 0.261. The molecule has 0 unspecified atom stereocenters. The molecule has 150 valence electrons. The number of thioether (sulfide) groups is 2. The molecule has 1 amide bonds. The molecule has 3 aromatic rings. The van der Waals surface area contributed by atoms with E-state index in [-0.39, 0.29) is 12.5 Å². The first-order valence-electron chi connectivity index (χ1n) is 9.63. The second-order valence-corrected chi connectivity index (χ2v) is 9.40. The topological polar surface area (TPSA) is 42.7 Å². The Bertz CT molecular complexity index is 892. The third kappa shape index (κ3) is 5.40. The summed E-state index contributed by atoms with van der Waals surface area (Å²) in [7, 11) is 0. The molecule has 1 saturated heterocycles. The Morgan fingerprint density at radius 1 is 1.00 bits per heavy atom. The number of furan rings is 1. The number of amides is 1. The van der Waals surface area contributed by atoms with Crippen LogP contribution in [0.2, 0.25) is 0 Å². The Kier molecular flexibility index (Phi) is 6.85. The molecule has 1 aromatic heterocycles. The van der Waals surface area contributed by atoms with Crippen LogP contribution in [0, 0.1) is 0 Å². The van der Waals surface area contributed by atoms with Gasteiger partial charge in [-0.25, -0.2) is 0 Å². The molecule has 1 fully saturated rings. The van der Waals surface area contributed by atoms with Crippen molar-refractivity contribution in [3.05, 3.63) is 84.3 Å². The average Bonchev–Trinajstić information content (AvgIpc) is 3.31. The van der Waals surface area contributed by atoms with Crippen LogP contribution in [0.5, 0.6) is 5.75 Å². The van der Waals surface area contributed by atoms with Gasteiger partial charge in [-0.15, -0.1) is 23.5 Å². The van der Waals surface area contributed by atoms with Crippen LogP contribution in [0.4, 0.5) is 5.69 Å². The standard InChI is InChI=1S/C23H23NO3S2/c25-22(24(16-21-8-4-13-26-21)19-6-2-1-3-7-19)17-27-20-11-9-18(10-12-20)23-28-14-5-15-29-23/h1-4,6-13,23H,5,14-17H2. The van der Waals surface area contributed by atoms with Gasteiger partial charge in [-0.05, 0) is 59.9 Å². The zero-order valence-corrected chi connectivity index (χ0v) is 17.7. The maximum Gasteiger partial charge on any atom is 0.265 e. The van der Waals surface area contributed by atoms with Crippen LogP contribution < -0.4 is 9.64 Å². The normalized spacial score (nSPS) is 14.5. The minimum absolute atomic E-state index is 0.0259. The van der Waals surface area contributed by atoms with E-state index in [9.17, 15) is 4.79 Å². The molecule has 2 aromatic carbocycles. The highest BCUT2D eigenvalue weighted by atomic mass is 32.2. The lowest BCUT2D eigenvalue weighted by molar-refractivity contribution is -0.120. The Morgan fingerprint density at radius 3 is 2.45 bits per heavy atom. The first-order valence-corrected chi connectivity index (χ1v) is 11.7. The van der Waals surface area contributed by atoms with Gasteiger partial charge in [0.25, 0.3) is 5.91 Å². The highest BCUT2D eigenvalue weighted by Gasteiger charge is 2.19. The number of carbonyl (C=O) groups excluding carboxylic acids is 1. The van der Waals surface area contributed by atoms with Crippen LogP contribution >= 0.6 is 23.5 Å². The van der Waals surface area contributed by atoms with Crippen molar-refractivity contribution in [2.45, 2.75) is 17.5 Å². The smallest absolute Gasteiger partial charge is 0.265 e. The van der Waals surface area contributed by atoms with Crippen molar-refractivity contribution in [3.63, 3.8) is 0 Å². The number of hydrogen-bond acceptors (Lipinski definition) is 5. The van der Waals surface area contributed by atoms with Crippen LogP contribution in [0.15, 0.2) is 77.4 Å². The van der Waals surface area contributed by atoms with Gasteiger partial charge in [-0.1, -0.05) is 30.3 Å². The van der Waals surface area contributed by atoms with Crippen LogP contribution in [-0.2, 0) is 11.3 Å². The van der Waals surface area contributed by atoms with Crippen molar-refractivity contribution in [2.75, 3.05) is 23.0 Å². The molecule has 1 aliphatic rings. The maximum atomic E-state index is 12.9. The van der Waals surface area contributed by atoms with Crippen LogP contribution in [0.1, 0.15) is 22.3 Å². The average molecular weight is 426 g/mol. The van der Waals surface area contributed by atoms with Gasteiger partial charge in [0.2, 0.25) is 0 Å². The number of nitrogens with zero attached hydrogens (tertiary/aromatic N) is 1.